The van der Waals surface area contributed by atoms with E-state index in [1.807, 2.05) is 18.2 Å². The Labute approximate surface area is 169 Å². The normalized spacial score (nSPS) is 19.2. The number of furan rings is 1. The van der Waals surface area contributed by atoms with Crippen LogP contribution in [0.15, 0.2) is 71.1 Å². The summed E-state index contributed by atoms with van der Waals surface area (Å²) in [7, 11) is 2.06. The molecule has 2 heterocycles. The van der Waals surface area contributed by atoms with Crippen molar-refractivity contribution in [2.75, 3.05) is 20.1 Å². The molecular formula is C23H23FN2O3. The van der Waals surface area contributed by atoms with Gasteiger partial charge in [0.05, 0.1) is 6.04 Å². The van der Waals surface area contributed by atoms with Gasteiger partial charge in [-0.25, -0.2) is 4.39 Å². The number of carbonyl (C=O) groups is 1. The second kappa shape index (κ2) is 8.49. The average Bonchev–Trinajstić information content (AvgIpc) is 3.35. The molecule has 0 saturated carbocycles. The molecule has 1 aliphatic heterocycles. The van der Waals surface area contributed by atoms with Crippen LogP contribution in [0, 0.1) is 5.82 Å². The molecule has 1 amide bonds. The fourth-order valence-electron chi connectivity index (χ4n) is 3.69. The van der Waals surface area contributed by atoms with Gasteiger partial charge >= 0.3 is 0 Å². The standard InChI is InChI=1S/C23H23FN2O3/c1-26-13-20(16-5-3-2-4-6-16)21(14-26)25-23(27)22-12-11-19(29-22)15-28-18-9-7-17(24)8-10-18/h2-12,20-21H,13-15H2,1H3,(H,25,27)/t20-,21-/m1/s1. The van der Waals surface area contributed by atoms with Crippen LogP contribution in [0.4, 0.5) is 4.39 Å². The minimum absolute atomic E-state index is 0.0129. The highest BCUT2D eigenvalue weighted by molar-refractivity contribution is 5.91. The SMILES string of the molecule is CN1C[C@H](c2ccccc2)[C@H](NC(=O)c2ccc(COc3ccc(F)cc3)o2)C1. The lowest BCUT2D eigenvalue weighted by molar-refractivity contribution is 0.0903. The summed E-state index contributed by atoms with van der Waals surface area (Å²) in [5, 5.41) is 3.11. The van der Waals surface area contributed by atoms with Crippen molar-refractivity contribution in [3.63, 3.8) is 0 Å². The largest absolute Gasteiger partial charge is 0.486 e. The molecule has 3 aromatic rings. The molecule has 2 atom stereocenters. The van der Waals surface area contributed by atoms with E-state index in [0.717, 1.165) is 13.1 Å². The summed E-state index contributed by atoms with van der Waals surface area (Å²) in [6.07, 6.45) is 0. The van der Waals surface area contributed by atoms with Crippen LogP contribution in [0.5, 0.6) is 5.75 Å². The molecule has 1 N–H and O–H groups in total. The molecule has 4 rings (SSSR count). The van der Waals surface area contributed by atoms with Gasteiger partial charge in [-0.1, -0.05) is 30.3 Å². The Morgan fingerprint density at radius 1 is 1.10 bits per heavy atom. The number of nitrogens with one attached hydrogen (secondary N) is 1. The first-order valence-electron chi connectivity index (χ1n) is 9.60. The lowest BCUT2D eigenvalue weighted by Crippen LogP contribution is -2.39. The van der Waals surface area contributed by atoms with E-state index in [-0.39, 0.29) is 36.1 Å². The highest BCUT2D eigenvalue weighted by Gasteiger charge is 2.33. The van der Waals surface area contributed by atoms with Gasteiger partial charge in [0.15, 0.2) is 5.76 Å². The highest BCUT2D eigenvalue weighted by atomic mass is 19.1. The van der Waals surface area contributed by atoms with Crippen LogP contribution < -0.4 is 10.1 Å². The second-order valence-electron chi connectivity index (χ2n) is 7.33. The van der Waals surface area contributed by atoms with Gasteiger partial charge in [-0.15, -0.1) is 0 Å². The minimum Gasteiger partial charge on any atom is -0.486 e. The molecule has 0 radical (unpaired) electrons. The molecule has 0 bridgehead atoms. The molecule has 1 aliphatic rings. The summed E-state index contributed by atoms with van der Waals surface area (Å²) < 4.78 is 24.2. The number of hydrogen-bond acceptors (Lipinski definition) is 4. The van der Waals surface area contributed by atoms with E-state index >= 15 is 0 Å². The van der Waals surface area contributed by atoms with Gasteiger partial charge in [-0.3, -0.25) is 4.79 Å². The predicted octanol–water partition coefficient (Wildman–Crippen LogP) is 3.83. The highest BCUT2D eigenvalue weighted by Crippen LogP contribution is 2.27. The van der Waals surface area contributed by atoms with Crippen molar-refractivity contribution < 1.29 is 18.3 Å². The molecule has 1 aromatic heterocycles. The minimum atomic E-state index is -0.319. The molecule has 5 nitrogen and oxygen atoms in total. The third-order valence-corrected chi connectivity index (χ3v) is 5.13. The molecule has 6 heteroatoms. The van der Waals surface area contributed by atoms with Crippen molar-refractivity contribution in [2.45, 2.75) is 18.6 Å². The third kappa shape index (κ3) is 4.66. The number of likely N-dealkylation sites (tertiary alicyclic amines) is 1. The quantitative estimate of drug-likeness (QED) is 0.691. The molecule has 150 valence electrons. The van der Waals surface area contributed by atoms with Crippen molar-refractivity contribution in [3.8, 4) is 5.75 Å². The maximum atomic E-state index is 12.9. The Morgan fingerprint density at radius 2 is 1.86 bits per heavy atom. The predicted molar refractivity (Wildman–Crippen MR) is 107 cm³/mol. The number of amides is 1. The summed E-state index contributed by atoms with van der Waals surface area (Å²) in [5.41, 5.74) is 1.22. The van der Waals surface area contributed by atoms with Crippen LogP contribution in [0.25, 0.3) is 0 Å². The number of benzene rings is 2. The van der Waals surface area contributed by atoms with Crippen LogP contribution in [0.3, 0.4) is 0 Å². The van der Waals surface area contributed by atoms with E-state index in [1.54, 1.807) is 24.3 Å². The Hall–Kier alpha value is -3.12. The molecular weight excluding hydrogens is 371 g/mol. The van der Waals surface area contributed by atoms with Crippen molar-refractivity contribution in [2.24, 2.45) is 0 Å². The van der Waals surface area contributed by atoms with Gasteiger partial charge in [0.1, 0.15) is 23.9 Å². The van der Waals surface area contributed by atoms with Crippen LogP contribution >= 0.6 is 0 Å². The number of carbonyl (C=O) groups excluding carboxylic acids is 1. The molecule has 29 heavy (non-hydrogen) atoms. The summed E-state index contributed by atoms with van der Waals surface area (Å²) in [5.74, 6) is 1.00. The topological polar surface area (TPSA) is 54.7 Å². The molecule has 1 saturated heterocycles. The summed E-state index contributed by atoms with van der Waals surface area (Å²) in [6.45, 7) is 1.84. The zero-order valence-corrected chi connectivity index (χ0v) is 16.2. The number of rotatable bonds is 6. The zero-order valence-electron chi connectivity index (χ0n) is 16.2. The Morgan fingerprint density at radius 3 is 2.62 bits per heavy atom. The summed E-state index contributed by atoms with van der Waals surface area (Å²) >= 11 is 0. The number of ether oxygens (including phenoxy) is 1. The van der Waals surface area contributed by atoms with Crippen molar-refractivity contribution in [1.29, 1.82) is 0 Å². The monoisotopic (exact) mass is 394 g/mol. The van der Waals surface area contributed by atoms with Crippen molar-refractivity contribution >= 4 is 5.91 Å². The lowest BCUT2D eigenvalue weighted by atomic mass is 9.94. The maximum Gasteiger partial charge on any atom is 0.287 e. The molecule has 0 spiro atoms. The first-order valence-corrected chi connectivity index (χ1v) is 9.60. The number of likely N-dealkylation sites (N-methyl/N-ethyl adjacent to an activating group) is 1. The second-order valence-corrected chi connectivity index (χ2v) is 7.33. The Bertz CT molecular complexity index is 956. The first-order chi connectivity index (χ1) is 14.1. The Balaban J connectivity index is 1.37. The van der Waals surface area contributed by atoms with Crippen LogP contribution in [0.2, 0.25) is 0 Å². The van der Waals surface area contributed by atoms with Gasteiger partial charge in [0.25, 0.3) is 5.91 Å². The first kappa shape index (κ1) is 19.2. The molecule has 0 unspecified atom stereocenters. The van der Waals surface area contributed by atoms with E-state index in [4.69, 9.17) is 9.15 Å². The molecule has 0 aliphatic carbocycles. The van der Waals surface area contributed by atoms with Gasteiger partial charge < -0.3 is 19.4 Å². The zero-order chi connectivity index (χ0) is 20.2. The van der Waals surface area contributed by atoms with Crippen LogP contribution in [-0.4, -0.2) is 37.0 Å². The summed E-state index contributed by atoms with van der Waals surface area (Å²) in [4.78, 5) is 14.9. The lowest BCUT2D eigenvalue weighted by Gasteiger charge is -2.19. The van der Waals surface area contributed by atoms with E-state index < -0.39 is 0 Å². The summed E-state index contributed by atoms with van der Waals surface area (Å²) in [6, 6.07) is 19.4. The fraction of sp³-hybridized carbons (Fsp3) is 0.261. The van der Waals surface area contributed by atoms with E-state index in [0.29, 0.717) is 11.5 Å². The van der Waals surface area contributed by atoms with Crippen LogP contribution in [-0.2, 0) is 6.61 Å². The van der Waals surface area contributed by atoms with Gasteiger partial charge in [0.2, 0.25) is 0 Å². The van der Waals surface area contributed by atoms with E-state index in [2.05, 4.69) is 29.4 Å². The average molecular weight is 394 g/mol. The van der Waals surface area contributed by atoms with E-state index in [9.17, 15) is 9.18 Å². The smallest absolute Gasteiger partial charge is 0.287 e. The molecule has 2 aromatic carbocycles. The fourth-order valence-corrected chi connectivity index (χ4v) is 3.69. The third-order valence-electron chi connectivity index (χ3n) is 5.13. The van der Waals surface area contributed by atoms with Gasteiger partial charge in [-0.2, -0.15) is 0 Å². The maximum absolute atomic E-state index is 12.9. The van der Waals surface area contributed by atoms with Crippen LogP contribution in [0.1, 0.15) is 27.8 Å². The van der Waals surface area contributed by atoms with Crippen molar-refractivity contribution in [1.82, 2.24) is 10.2 Å². The number of halogens is 1. The van der Waals surface area contributed by atoms with Gasteiger partial charge in [0, 0.05) is 19.0 Å². The van der Waals surface area contributed by atoms with Gasteiger partial charge in [-0.05, 0) is 49.0 Å². The number of nitrogens with zero attached hydrogens (tertiary/aromatic N) is 1. The van der Waals surface area contributed by atoms with E-state index in [1.165, 1.54) is 17.7 Å². The Kier molecular flexibility index (Phi) is 5.62. The number of hydrogen-bond donors (Lipinski definition) is 1. The molecule has 1 fully saturated rings. The van der Waals surface area contributed by atoms with Crippen molar-refractivity contribution in [3.05, 3.63) is 89.6 Å².